The Labute approximate surface area is 218 Å². The molecule has 2 aliphatic rings. The van der Waals surface area contributed by atoms with E-state index in [0.29, 0.717) is 0 Å². The number of hydrogen-bond donors (Lipinski definition) is 0. The monoisotopic (exact) mass is 654 g/mol. The Kier molecular flexibility index (Phi) is 15.2. The van der Waals surface area contributed by atoms with Gasteiger partial charge in [0.2, 0.25) is 0 Å². The molecule has 0 spiro atoms. The molecule has 0 unspecified atom stereocenters. The SMILES string of the molecule is CC1=[C-]CC=C1c1ccc(F)cc1.CC1=[C-]CC=C1c1ccc(F)cc1.C[Si](C)=[Hf+2].[Cl-].[Cl-]. The van der Waals surface area contributed by atoms with Crippen molar-refractivity contribution in [2.45, 2.75) is 39.8 Å². The molecule has 2 aromatic carbocycles. The fourth-order valence-corrected chi connectivity index (χ4v) is 3.04. The van der Waals surface area contributed by atoms with Crippen LogP contribution in [-0.2, 0) is 23.0 Å². The van der Waals surface area contributed by atoms with Crippen molar-refractivity contribution in [2.24, 2.45) is 0 Å². The summed E-state index contributed by atoms with van der Waals surface area (Å²) in [6.07, 6.45) is 12.4. The number of allylic oxidation sites excluding steroid dienone is 8. The maximum Gasteiger partial charge on any atom is -1.00 e. The van der Waals surface area contributed by atoms with Crippen molar-refractivity contribution in [1.82, 2.24) is 0 Å². The molecule has 0 nitrogen and oxygen atoms in total. The summed E-state index contributed by atoms with van der Waals surface area (Å²) in [6, 6.07) is 13.2. The fourth-order valence-electron chi connectivity index (χ4n) is 3.04. The number of rotatable bonds is 2. The quantitative estimate of drug-likeness (QED) is 0.341. The van der Waals surface area contributed by atoms with Gasteiger partial charge in [0.25, 0.3) is 0 Å². The number of benzene rings is 2. The second kappa shape index (κ2) is 15.7. The molecule has 0 radical (unpaired) electrons. The van der Waals surface area contributed by atoms with Gasteiger partial charge in [0.05, 0.1) is 0 Å². The van der Waals surface area contributed by atoms with Crippen molar-refractivity contribution in [3.63, 3.8) is 0 Å². The molecule has 32 heavy (non-hydrogen) atoms. The summed E-state index contributed by atoms with van der Waals surface area (Å²) >= 11 is 1.45. The van der Waals surface area contributed by atoms with Crippen LogP contribution in [0.1, 0.15) is 37.8 Å². The van der Waals surface area contributed by atoms with Gasteiger partial charge in [-0.15, -0.1) is 24.0 Å². The van der Waals surface area contributed by atoms with Gasteiger partial charge in [-0.2, -0.15) is 23.3 Å². The van der Waals surface area contributed by atoms with Crippen LogP contribution in [0.2, 0.25) is 13.1 Å². The first-order valence-corrected chi connectivity index (χ1v) is 17.8. The van der Waals surface area contributed by atoms with Crippen LogP contribution >= 0.6 is 0 Å². The summed E-state index contributed by atoms with van der Waals surface area (Å²) < 4.78 is 25.3. The van der Waals surface area contributed by atoms with Gasteiger partial charge in [0.15, 0.2) is 0 Å². The molecule has 0 saturated carbocycles. The molecule has 0 N–H and O–H groups in total. The predicted octanol–water partition coefficient (Wildman–Crippen LogP) is 1.52. The Hall–Kier alpha value is -1.07. The summed E-state index contributed by atoms with van der Waals surface area (Å²) in [4.78, 5) is 0. The third-order valence-electron chi connectivity index (χ3n) is 4.47. The van der Waals surface area contributed by atoms with Gasteiger partial charge in [-0.1, -0.05) is 38.1 Å². The molecular weight excluding hydrogens is 628 g/mol. The molecule has 0 atom stereocenters. The summed E-state index contributed by atoms with van der Waals surface area (Å²) in [5.41, 5.74) is 7.08. The molecule has 6 heteroatoms. The molecule has 0 bridgehead atoms. The summed E-state index contributed by atoms with van der Waals surface area (Å²) in [7, 11) is 0. The van der Waals surface area contributed by atoms with Crippen LogP contribution in [0.5, 0.6) is 0 Å². The zero-order valence-electron chi connectivity index (χ0n) is 18.7. The maximum atomic E-state index is 12.6. The van der Waals surface area contributed by atoms with Gasteiger partial charge in [-0.25, -0.2) is 19.9 Å². The van der Waals surface area contributed by atoms with Gasteiger partial charge < -0.3 is 24.8 Å². The molecular formula is C26H26Cl2F2HfSi-2. The number of halogens is 4. The van der Waals surface area contributed by atoms with Crippen LogP contribution in [0.4, 0.5) is 8.78 Å². The van der Waals surface area contributed by atoms with E-state index in [-0.39, 0.29) is 41.9 Å². The first kappa shape index (κ1) is 30.9. The fraction of sp³-hybridized carbons (Fsp3) is 0.231. The van der Waals surface area contributed by atoms with Crippen LogP contribution in [0, 0.1) is 23.8 Å². The third kappa shape index (κ3) is 10.2. The van der Waals surface area contributed by atoms with Gasteiger partial charge in [-0.05, 0) is 24.3 Å². The van der Waals surface area contributed by atoms with Gasteiger partial charge >= 0.3 is 41.6 Å². The predicted molar refractivity (Wildman–Crippen MR) is 120 cm³/mol. The molecule has 0 fully saturated rings. The maximum absolute atomic E-state index is 12.6. The smallest absolute Gasteiger partial charge is 1.00 e. The Morgan fingerprint density at radius 3 is 1.19 bits per heavy atom. The number of hydrogen-bond acceptors (Lipinski definition) is 0. The Bertz CT molecular complexity index is 924. The van der Waals surface area contributed by atoms with Crippen molar-refractivity contribution < 1.29 is 56.6 Å². The van der Waals surface area contributed by atoms with Crippen molar-refractivity contribution in [3.8, 4) is 0 Å². The average molecular weight is 654 g/mol. The van der Waals surface area contributed by atoms with E-state index in [1.807, 2.05) is 13.8 Å². The van der Waals surface area contributed by atoms with Gasteiger partial charge in [0, 0.05) is 0 Å². The van der Waals surface area contributed by atoms with Gasteiger partial charge in [-0.3, -0.25) is 12.2 Å². The summed E-state index contributed by atoms with van der Waals surface area (Å²) in [6.45, 7) is 8.72. The van der Waals surface area contributed by atoms with Crippen LogP contribution in [0.15, 0.2) is 71.8 Å². The van der Waals surface area contributed by atoms with E-state index in [4.69, 9.17) is 0 Å². The molecule has 0 aliphatic heterocycles. The second-order valence-corrected chi connectivity index (χ2v) is 20.0. The van der Waals surface area contributed by atoms with E-state index in [2.05, 4.69) is 37.4 Å². The first-order chi connectivity index (χ1) is 14.3. The third-order valence-corrected chi connectivity index (χ3v) is 4.47. The minimum Gasteiger partial charge on any atom is -1.00 e. The van der Waals surface area contributed by atoms with Crippen LogP contribution in [0.25, 0.3) is 11.1 Å². The normalized spacial score (nSPS) is 13.5. The van der Waals surface area contributed by atoms with Crippen molar-refractivity contribution >= 4 is 16.6 Å². The minimum atomic E-state index is -0.187. The zero-order chi connectivity index (χ0) is 22.1. The van der Waals surface area contributed by atoms with E-state index in [1.165, 1.54) is 58.4 Å². The van der Waals surface area contributed by atoms with E-state index in [9.17, 15) is 8.78 Å². The standard InChI is InChI=1S/2C12H10F.C2H6Si.2ClH.Hf/c2*1-9-3-2-4-12(9)10-5-7-11(13)8-6-10;1-3-2;;;/h2*4-8H,2H2,1H3;1-2H3;2*1H;/q2*-1;;;;+2/p-2. The molecule has 2 aromatic rings. The second-order valence-electron chi connectivity index (χ2n) is 7.26. The van der Waals surface area contributed by atoms with Crippen LogP contribution in [-0.4, -0.2) is 5.49 Å². The molecule has 0 amide bonds. The molecule has 0 saturated heterocycles. The molecule has 2 aliphatic carbocycles. The van der Waals surface area contributed by atoms with Crippen molar-refractivity contribution in [2.75, 3.05) is 0 Å². The van der Waals surface area contributed by atoms with E-state index >= 15 is 0 Å². The first-order valence-electron chi connectivity index (χ1n) is 9.87. The average Bonchev–Trinajstić information content (AvgIpc) is 3.31. The van der Waals surface area contributed by atoms with E-state index < -0.39 is 0 Å². The van der Waals surface area contributed by atoms with Gasteiger partial charge in [0.1, 0.15) is 11.6 Å². The van der Waals surface area contributed by atoms with Crippen molar-refractivity contribution in [1.29, 1.82) is 0 Å². The molecule has 168 valence electrons. The topological polar surface area (TPSA) is 0 Å². The van der Waals surface area contributed by atoms with E-state index in [1.54, 1.807) is 24.3 Å². The van der Waals surface area contributed by atoms with Crippen LogP contribution < -0.4 is 24.8 Å². The Morgan fingerprint density at radius 1 is 0.688 bits per heavy atom. The Morgan fingerprint density at radius 2 is 0.969 bits per heavy atom. The molecule has 4 rings (SSSR count). The minimum absolute atomic E-state index is 0. The molecule has 0 heterocycles. The van der Waals surface area contributed by atoms with Crippen molar-refractivity contribution in [3.05, 3.63) is 107 Å². The molecule has 0 aromatic heterocycles. The Balaban J connectivity index is 0.000000490. The van der Waals surface area contributed by atoms with E-state index in [0.717, 1.165) is 35.1 Å². The van der Waals surface area contributed by atoms with Crippen LogP contribution in [0.3, 0.4) is 0 Å². The summed E-state index contributed by atoms with van der Waals surface area (Å²) in [5, 5.41) is 0. The summed E-state index contributed by atoms with van der Waals surface area (Å²) in [5.74, 6) is -0.374. The zero-order valence-corrected chi connectivity index (χ0v) is 24.8. The largest absolute Gasteiger partial charge is 1.00 e.